The molecule has 0 aliphatic carbocycles. The van der Waals surface area contributed by atoms with Crippen LogP contribution in [-0.2, 0) is 17.8 Å². The number of fused-ring (bicyclic) bond motifs is 4. The average Bonchev–Trinajstić information content (AvgIpc) is 2.79. The third-order valence-electron chi connectivity index (χ3n) is 6.66. The largest absolute Gasteiger partial charge is 0.352 e. The topological polar surface area (TPSA) is 83.4 Å². The summed E-state index contributed by atoms with van der Waals surface area (Å²) in [5, 5.41) is 6.00. The second-order valence-electron chi connectivity index (χ2n) is 9.11. The number of rotatable bonds is 6. The molecule has 3 amide bonds. The number of nitrogens with one attached hydrogen (secondary N) is 2. The van der Waals surface area contributed by atoms with Crippen molar-refractivity contribution in [2.75, 3.05) is 13.1 Å². The molecular formula is C25H32N4O3. The van der Waals surface area contributed by atoms with Gasteiger partial charge in [-0.3, -0.25) is 9.59 Å². The first-order chi connectivity index (χ1) is 15.4. The molecule has 0 unspecified atom stereocenters. The lowest BCUT2D eigenvalue weighted by Crippen LogP contribution is -2.57. The normalized spacial score (nSPS) is 21.2. The quantitative estimate of drug-likeness (QED) is 0.730. The van der Waals surface area contributed by atoms with Gasteiger partial charge < -0.3 is 20.1 Å². The van der Waals surface area contributed by atoms with Gasteiger partial charge in [0.1, 0.15) is 6.04 Å². The Bertz CT molecular complexity index is 1020. The molecule has 3 heterocycles. The fraction of sp³-hybridized carbons (Fsp3) is 0.480. The number of piperidine rings is 1. The van der Waals surface area contributed by atoms with Crippen molar-refractivity contribution in [2.24, 2.45) is 5.92 Å². The Kier molecular flexibility index (Phi) is 6.63. The summed E-state index contributed by atoms with van der Waals surface area (Å²) in [7, 11) is 0. The van der Waals surface area contributed by atoms with Crippen molar-refractivity contribution in [1.82, 2.24) is 20.1 Å². The van der Waals surface area contributed by atoms with Crippen molar-refractivity contribution in [3.05, 3.63) is 70.1 Å². The Morgan fingerprint density at radius 2 is 1.81 bits per heavy atom. The standard InChI is InChI=1S/C25H32N4O3/c1-3-17(2)26-24(31)21(13-18-8-5-4-6-9-18)27-25(32)28-14-19-12-20(16-28)22-10-7-11-23(30)29(22)15-19/h4-11,17,19-21H,3,12-16H2,1-2H3,(H,26,31)(H,27,32)/t17-,19-,20+,21+/m1/s1. The Morgan fingerprint density at radius 1 is 1.03 bits per heavy atom. The highest BCUT2D eigenvalue weighted by atomic mass is 16.2. The zero-order valence-corrected chi connectivity index (χ0v) is 18.8. The van der Waals surface area contributed by atoms with Crippen molar-refractivity contribution in [2.45, 2.75) is 57.7 Å². The minimum atomic E-state index is -0.643. The van der Waals surface area contributed by atoms with Crippen LogP contribution in [0.25, 0.3) is 0 Å². The van der Waals surface area contributed by atoms with Crippen LogP contribution < -0.4 is 16.2 Å². The summed E-state index contributed by atoms with van der Waals surface area (Å²) in [5.74, 6) is 0.225. The van der Waals surface area contributed by atoms with E-state index in [1.807, 2.05) is 59.7 Å². The molecule has 4 atom stereocenters. The maximum absolute atomic E-state index is 13.2. The smallest absolute Gasteiger partial charge is 0.318 e. The van der Waals surface area contributed by atoms with Crippen LogP contribution in [0.5, 0.6) is 0 Å². The lowest BCUT2D eigenvalue weighted by Gasteiger charge is -2.43. The van der Waals surface area contributed by atoms with Crippen LogP contribution in [0.15, 0.2) is 53.3 Å². The third-order valence-corrected chi connectivity index (χ3v) is 6.66. The van der Waals surface area contributed by atoms with E-state index < -0.39 is 6.04 Å². The van der Waals surface area contributed by atoms with Gasteiger partial charge in [-0.05, 0) is 37.3 Å². The number of pyridine rings is 1. The molecule has 7 nitrogen and oxygen atoms in total. The summed E-state index contributed by atoms with van der Waals surface area (Å²) in [6, 6.07) is 14.3. The maximum Gasteiger partial charge on any atom is 0.318 e. The van der Waals surface area contributed by atoms with E-state index in [1.165, 1.54) is 0 Å². The van der Waals surface area contributed by atoms with Crippen LogP contribution in [0, 0.1) is 5.92 Å². The lowest BCUT2D eigenvalue weighted by molar-refractivity contribution is -0.123. The van der Waals surface area contributed by atoms with Crippen molar-refractivity contribution in [3.63, 3.8) is 0 Å². The summed E-state index contributed by atoms with van der Waals surface area (Å²) in [6.45, 7) is 5.76. The molecule has 32 heavy (non-hydrogen) atoms. The molecule has 1 aromatic heterocycles. The van der Waals surface area contributed by atoms with E-state index in [9.17, 15) is 14.4 Å². The van der Waals surface area contributed by atoms with Crippen LogP contribution in [-0.4, -0.2) is 46.6 Å². The third kappa shape index (κ3) is 4.87. The molecule has 1 aromatic carbocycles. The molecule has 170 valence electrons. The van der Waals surface area contributed by atoms with E-state index in [-0.39, 0.29) is 35.4 Å². The lowest BCUT2D eigenvalue weighted by atomic mass is 9.83. The van der Waals surface area contributed by atoms with Crippen molar-refractivity contribution in [1.29, 1.82) is 0 Å². The first-order valence-electron chi connectivity index (χ1n) is 11.5. The van der Waals surface area contributed by atoms with E-state index in [0.29, 0.717) is 26.1 Å². The Hall–Kier alpha value is -3.09. The summed E-state index contributed by atoms with van der Waals surface area (Å²) < 4.78 is 1.85. The van der Waals surface area contributed by atoms with Crippen LogP contribution in [0.2, 0.25) is 0 Å². The van der Waals surface area contributed by atoms with Gasteiger partial charge >= 0.3 is 6.03 Å². The molecule has 0 radical (unpaired) electrons. The number of benzene rings is 1. The highest BCUT2D eigenvalue weighted by molar-refractivity contribution is 5.87. The van der Waals surface area contributed by atoms with Gasteiger partial charge in [0.05, 0.1) is 0 Å². The number of hydrogen-bond donors (Lipinski definition) is 2. The van der Waals surface area contributed by atoms with Crippen LogP contribution >= 0.6 is 0 Å². The summed E-state index contributed by atoms with van der Waals surface area (Å²) in [6.07, 6.45) is 2.24. The number of carbonyl (C=O) groups is 2. The minimum absolute atomic E-state index is 0.0275. The van der Waals surface area contributed by atoms with E-state index in [2.05, 4.69) is 10.6 Å². The minimum Gasteiger partial charge on any atom is -0.352 e. The molecule has 2 aliphatic rings. The highest BCUT2D eigenvalue weighted by Crippen LogP contribution is 2.34. The zero-order chi connectivity index (χ0) is 22.7. The summed E-state index contributed by atoms with van der Waals surface area (Å²) in [5.41, 5.74) is 2.03. The van der Waals surface area contributed by atoms with E-state index in [1.54, 1.807) is 12.1 Å². The number of hydrogen-bond acceptors (Lipinski definition) is 3. The van der Waals surface area contributed by atoms with Crippen LogP contribution in [0.3, 0.4) is 0 Å². The molecule has 4 rings (SSSR count). The number of likely N-dealkylation sites (tertiary alicyclic amines) is 1. The number of carbonyl (C=O) groups excluding carboxylic acids is 2. The fourth-order valence-electron chi connectivity index (χ4n) is 4.81. The monoisotopic (exact) mass is 436 g/mol. The average molecular weight is 437 g/mol. The predicted molar refractivity (Wildman–Crippen MR) is 123 cm³/mol. The van der Waals surface area contributed by atoms with Crippen molar-refractivity contribution < 1.29 is 9.59 Å². The van der Waals surface area contributed by atoms with Gasteiger partial charge in [0.25, 0.3) is 5.56 Å². The second-order valence-corrected chi connectivity index (χ2v) is 9.11. The van der Waals surface area contributed by atoms with Gasteiger partial charge in [0.2, 0.25) is 5.91 Å². The maximum atomic E-state index is 13.2. The Balaban J connectivity index is 1.48. The van der Waals surface area contributed by atoms with Gasteiger partial charge in [-0.1, -0.05) is 43.3 Å². The van der Waals surface area contributed by atoms with Gasteiger partial charge in [0.15, 0.2) is 0 Å². The molecule has 2 aromatic rings. The van der Waals surface area contributed by atoms with E-state index in [0.717, 1.165) is 24.1 Å². The predicted octanol–water partition coefficient (Wildman–Crippen LogP) is 2.50. The molecule has 2 N–H and O–H groups in total. The Labute approximate surface area is 188 Å². The molecule has 0 spiro atoms. The van der Waals surface area contributed by atoms with Gasteiger partial charge in [0, 0.05) is 49.8 Å². The number of nitrogens with zero attached hydrogens (tertiary/aromatic N) is 2. The number of aromatic nitrogens is 1. The summed E-state index contributed by atoms with van der Waals surface area (Å²) in [4.78, 5) is 40.2. The van der Waals surface area contributed by atoms with Crippen molar-refractivity contribution in [3.8, 4) is 0 Å². The van der Waals surface area contributed by atoms with Crippen LogP contribution in [0.4, 0.5) is 4.79 Å². The first kappa shape index (κ1) is 22.1. The summed E-state index contributed by atoms with van der Waals surface area (Å²) >= 11 is 0. The molecule has 1 fully saturated rings. The Morgan fingerprint density at radius 3 is 2.56 bits per heavy atom. The molecule has 1 saturated heterocycles. The van der Waals surface area contributed by atoms with E-state index in [4.69, 9.17) is 0 Å². The number of amides is 3. The molecule has 7 heteroatoms. The molecule has 2 bridgehead atoms. The van der Waals surface area contributed by atoms with Gasteiger partial charge in [-0.2, -0.15) is 0 Å². The van der Waals surface area contributed by atoms with Crippen molar-refractivity contribution >= 4 is 11.9 Å². The van der Waals surface area contributed by atoms with Crippen LogP contribution in [0.1, 0.15) is 43.9 Å². The first-order valence-corrected chi connectivity index (χ1v) is 11.5. The molecule has 2 aliphatic heterocycles. The number of urea groups is 1. The molecular weight excluding hydrogens is 404 g/mol. The van der Waals surface area contributed by atoms with Gasteiger partial charge in [-0.25, -0.2) is 4.79 Å². The molecule has 0 saturated carbocycles. The fourth-order valence-corrected chi connectivity index (χ4v) is 4.81. The highest BCUT2D eigenvalue weighted by Gasteiger charge is 2.37. The van der Waals surface area contributed by atoms with E-state index >= 15 is 0 Å². The SMILES string of the molecule is CC[C@@H](C)NC(=O)[C@H](Cc1ccccc1)NC(=O)N1C[C@H]2C[C@@H](C1)c1cccc(=O)n1C2. The van der Waals surface area contributed by atoms with Gasteiger partial charge in [-0.15, -0.1) is 0 Å². The second kappa shape index (κ2) is 9.59. The zero-order valence-electron chi connectivity index (χ0n) is 18.8.